The van der Waals surface area contributed by atoms with E-state index in [0.717, 1.165) is 11.3 Å². The van der Waals surface area contributed by atoms with Gasteiger partial charge in [0.05, 0.1) is 16.6 Å². The van der Waals surface area contributed by atoms with Crippen LogP contribution in [0.2, 0.25) is 5.02 Å². The molecule has 0 saturated heterocycles. The molecule has 0 N–H and O–H groups in total. The maximum Gasteiger partial charge on any atom is 0.257 e. The number of carbonyl (C=O) groups is 1. The number of rotatable bonds is 3. The lowest BCUT2D eigenvalue weighted by molar-refractivity contribution is 0.0742. The third kappa shape index (κ3) is 3.39. The number of aryl methyl sites for hydroxylation is 1. The van der Waals surface area contributed by atoms with E-state index < -0.39 is 0 Å². The highest BCUT2D eigenvalue weighted by Gasteiger charge is 2.21. The van der Waals surface area contributed by atoms with E-state index in [9.17, 15) is 9.18 Å². The third-order valence-corrected chi connectivity index (χ3v) is 3.79. The van der Waals surface area contributed by atoms with Crippen molar-refractivity contribution in [2.75, 3.05) is 7.05 Å². The SMILES string of the molecule is Cc1cc(Cl)c(C(=O)N(C)C(C)c2ccc(F)cc2)cn1. The molecule has 1 amide bonds. The summed E-state index contributed by atoms with van der Waals surface area (Å²) in [4.78, 5) is 18.2. The molecule has 1 aromatic carbocycles. The number of pyridine rings is 1. The Bertz CT molecular complexity index is 658. The second-order valence-corrected chi connectivity index (χ2v) is 5.36. The topological polar surface area (TPSA) is 33.2 Å². The summed E-state index contributed by atoms with van der Waals surface area (Å²) in [6, 6.07) is 7.55. The average molecular weight is 307 g/mol. The number of halogens is 2. The minimum Gasteiger partial charge on any atom is -0.335 e. The Morgan fingerprint density at radius 1 is 1.33 bits per heavy atom. The number of nitrogens with zero attached hydrogens (tertiary/aromatic N) is 2. The van der Waals surface area contributed by atoms with Crippen molar-refractivity contribution >= 4 is 17.5 Å². The fraction of sp³-hybridized carbons (Fsp3) is 0.250. The fourth-order valence-corrected chi connectivity index (χ4v) is 2.30. The maximum atomic E-state index is 13.0. The van der Waals surface area contributed by atoms with Gasteiger partial charge in [-0.2, -0.15) is 0 Å². The number of aromatic nitrogens is 1. The van der Waals surface area contributed by atoms with Crippen molar-refractivity contribution in [3.63, 3.8) is 0 Å². The predicted octanol–water partition coefficient (Wildman–Crippen LogP) is 4.02. The van der Waals surface area contributed by atoms with Crippen LogP contribution < -0.4 is 0 Å². The van der Waals surface area contributed by atoms with Crippen molar-refractivity contribution in [2.24, 2.45) is 0 Å². The summed E-state index contributed by atoms with van der Waals surface area (Å²) in [5.41, 5.74) is 1.97. The van der Waals surface area contributed by atoms with Crippen molar-refractivity contribution < 1.29 is 9.18 Å². The molecule has 0 saturated carbocycles. The first-order valence-corrected chi connectivity index (χ1v) is 6.92. The summed E-state index contributed by atoms with van der Waals surface area (Å²) in [5.74, 6) is -0.518. The van der Waals surface area contributed by atoms with E-state index in [2.05, 4.69) is 4.98 Å². The molecular formula is C16H16ClFN2O. The zero-order valence-corrected chi connectivity index (χ0v) is 12.9. The molecule has 0 aliphatic rings. The zero-order valence-electron chi connectivity index (χ0n) is 12.1. The number of amides is 1. The molecule has 0 bridgehead atoms. The molecule has 1 aromatic heterocycles. The molecule has 110 valence electrons. The molecule has 5 heteroatoms. The Morgan fingerprint density at radius 3 is 2.52 bits per heavy atom. The zero-order chi connectivity index (χ0) is 15.6. The number of hydrogen-bond donors (Lipinski definition) is 0. The summed E-state index contributed by atoms with van der Waals surface area (Å²) in [5, 5.41) is 0.380. The molecule has 1 heterocycles. The molecule has 21 heavy (non-hydrogen) atoms. The van der Waals surface area contributed by atoms with Crippen LogP contribution in [0.1, 0.15) is 34.6 Å². The lowest BCUT2D eigenvalue weighted by Crippen LogP contribution is -2.30. The van der Waals surface area contributed by atoms with Crippen LogP contribution in [0.3, 0.4) is 0 Å². The monoisotopic (exact) mass is 306 g/mol. The minimum atomic E-state index is -0.300. The van der Waals surface area contributed by atoms with Crippen LogP contribution in [0.5, 0.6) is 0 Å². The molecular weight excluding hydrogens is 291 g/mol. The fourth-order valence-electron chi connectivity index (χ4n) is 2.01. The van der Waals surface area contributed by atoms with E-state index in [4.69, 9.17) is 11.6 Å². The highest BCUT2D eigenvalue weighted by atomic mass is 35.5. The van der Waals surface area contributed by atoms with Gasteiger partial charge < -0.3 is 4.90 Å². The Morgan fingerprint density at radius 2 is 1.95 bits per heavy atom. The molecule has 0 fully saturated rings. The van der Waals surface area contributed by atoms with Crippen LogP contribution in [-0.2, 0) is 0 Å². The second-order valence-electron chi connectivity index (χ2n) is 4.95. The second kappa shape index (κ2) is 6.22. The van der Waals surface area contributed by atoms with E-state index >= 15 is 0 Å². The normalized spacial score (nSPS) is 12.0. The maximum absolute atomic E-state index is 13.0. The van der Waals surface area contributed by atoms with Crippen LogP contribution in [0.25, 0.3) is 0 Å². The average Bonchev–Trinajstić information content (AvgIpc) is 2.46. The highest BCUT2D eigenvalue weighted by Crippen LogP contribution is 2.24. The molecule has 0 radical (unpaired) electrons. The number of benzene rings is 1. The van der Waals surface area contributed by atoms with E-state index in [1.807, 2.05) is 13.8 Å². The van der Waals surface area contributed by atoms with Crippen LogP contribution in [0.15, 0.2) is 36.5 Å². The Balaban J connectivity index is 2.24. The number of hydrogen-bond acceptors (Lipinski definition) is 2. The summed E-state index contributed by atoms with van der Waals surface area (Å²) in [6.07, 6.45) is 1.48. The van der Waals surface area contributed by atoms with Gasteiger partial charge in [-0.1, -0.05) is 23.7 Å². The van der Waals surface area contributed by atoms with Gasteiger partial charge in [-0.15, -0.1) is 0 Å². The largest absolute Gasteiger partial charge is 0.335 e. The summed E-state index contributed by atoms with van der Waals surface area (Å²) in [7, 11) is 1.69. The third-order valence-electron chi connectivity index (χ3n) is 3.47. The van der Waals surface area contributed by atoms with Gasteiger partial charge in [0, 0.05) is 18.9 Å². The Hall–Kier alpha value is -1.94. The summed E-state index contributed by atoms with van der Waals surface area (Å²) < 4.78 is 13.0. The molecule has 3 nitrogen and oxygen atoms in total. The van der Waals surface area contributed by atoms with Crippen molar-refractivity contribution in [3.8, 4) is 0 Å². The van der Waals surface area contributed by atoms with Crippen LogP contribution >= 0.6 is 11.6 Å². The van der Waals surface area contributed by atoms with Gasteiger partial charge in [0.25, 0.3) is 5.91 Å². The van der Waals surface area contributed by atoms with Gasteiger partial charge in [0.2, 0.25) is 0 Å². The van der Waals surface area contributed by atoms with E-state index in [0.29, 0.717) is 10.6 Å². The molecule has 1 unspecified atom stereocenters. The first-order valence-electron chi connectivity index (χ1n) is 6.55. The van der Waals surface area contributed by atoms with Gasteiger partial charge >= 0.3 is 0 Å². The van der Waals surface area contributed by atoms with E-state index in [1.165, 1.54) is 18.3 Å². The molecule has 2 rings (SSSR count). The summed E-state index contributed by atoms with van der Waals surface area (Å²) >= 11 is 6.10. The van der Waals surface area contributed by atoms with Crippen molar-refractivity contribution in [3.05, 3.63) is 64.2 Å². The Labute approximate surface area is 128 Å². The molecule has 0 spiro atoms. The number of carbonyl (C=O) groups excluding carboxylic acids is 1. The van der Waals surface area contributed by atoms with Crippen molar-refractivity contribution in [1.82, 2.24) is 9.88 Å². The van der Waals surface area contributed by atoms with Gasteiger partial charge in [0.1, 0.15) is 5.82 Å². The smallest absolute Gasteiger partial charge is 0.257 e. The van der Waals surface area contributed by atoms with Crippen LogP contribution in [-0.4, -0.2) is 22.8 Å². The van der Waals surface area contributed by atoms with Gasteiger partial charge in [-0.05, 0) is 37.6 Å². The van der Waals surface area contributed by atoms with Gasteiger partial charge in [-0.3, -0.25) is 9.78 Å². The first kappa shape index (κ1) is 15.4. The summed E-state index contributed by atoms with van der Waals surface area (Å²) in [6.45, 7) is 3.69. The molecule has 0 aliphatic heterocycles. The van der Waals surface area contributed by atoms with E-state index in [-0.39, 0.29) is 17.8 Å². The van der Waals surface area contributed by atoms with Crippen molar-refractivity contribution in [1.29, 1.82) is 0 Å². The van der Waals surface area contributed by atoms with Crippen LogP contribution in [0, 0.1) is 12.7 Å². The standard InChI is InChI=1S/C16H16ClFN2O/c1-10-8-15(17)14(9-19-10)16(21)20(3)11(2)12-4-6-13(18)7-5-12/h4-9,11H,1-3H3. The van der Waals surface area contributed by atoms with E-state index in [1.54, 1.807) is 30.1 Å². The predicted molar refractivity (Wildman–Crippen MR) is 80.9 cm³/mol. The van der Waals surface area contributed by atoms with Crippen LogP contribution in [0.4, 0.5) is 4.39 Å². The molecule has 2 aromatic rings. The van der Waals surface area contributed by atoms with Gasteiger partial charge in [0.15, 0.2) is 0 Å². The lowest BCUT2D eigenvalue weighted by atomic mass is 10.1. The molecule has 1 atom stereocenters. The quantitative estimate of drug-likeness (QED) is 0.858. The van der Waals surface area contributed by atoms with Crippen molar-refractivity contribution in [2.45, 2.75) is 19.9 Å². The minimum absolute atomic E-state index is 0.199. The van der Waals surface area contributed by atoms with Gasteiger partial charge in [-0.25, -0.2) is 4.39 Å². The lowest BCUT2D eigenvalue weighted by Gasteiger charge is -2.25. The molecule has 0 aliphatic carbocycles. The first-order chi connectivity index (χ1) is 9.90. The highest BCUT2D eigenvalue weighted by molar-refractivity contribution is 6.33. The Kier molecular flexibility index (Phi) is 4.58.